The number of thiophene rings is 1. The Morgan fingerprint density at radius 2 is 2.26 bits per heavy atom. The molecule has 0 N–H and O–H groups in total. The van der Waals surface area contributed by atoms with Crippen LogP contribution >= 0.6 is 23.1 Å². The molecule has 0 spiro atoms. The fourth-order valence-corrected chi connectivity index (χ4v) is 3.63. The van der Waals surface area contributed by atoms with Crippen LogP contribution in [0.1, 0.15) is 22.5 Å². The van der Waals surface area contributed by atoms with Gasteiger partial charge in [-0.3, -0.25) is 4.79 Å². The lowest BCUT2D eigenvalue weighted by molar-refractivity contribution is 0.0721. The first-order valence-electron chi connectivity index (χ1n) is 6.02. The Kier molecular flexibility index (Phi) is 4.38. The van der Waals surface area contributed by atoms with Crippen LogP contribution in [0.3, 0.4) is 0 Å². The largest absolute Gasteiger partial charge is 0.496 e. The van der Waals surface area contributed by atoms with E-state index in [1.54, 1.807) is 24.9 Å². The molecular formula is C13H16N2O2S2. The minimum atomic E-state index is -0.316. The van der Waals surface area contributed by atoms with Crippen LogP contribution in [-0.2, 0) is 0 Å². The third-order valence-electron chi connectivity index (χ3n) is 3.47. The fourth-order valence-electron chi connectivity index (χ4n) is 2.13. The highest BCUT2D eigenvalue weighted by Crippen LogP contribution is 2.34. The van der Waals surface area contributed by atoms with Gasteiger partial charge in [0.25, 0.3) is 5.91 Å². The van der Waals surface area contributed by atoms with Crippen LogP contribution in [0.5, 0.6) is 5.75 Å². The normalized spacial score (nSPS) is 17.8. The predicted octanol–water partition coefficient (Wildman–Crippen LogP) is 2.62. The Labute approximate surface area is 121 Å². The summed E-state index contributed by atoms with van der Waals surface area (Å²) in [5.74, 6) is 0.766. The molecule has 1 aromatic heterocycles. The highest BCUT2D eigenvalue weighted by Gasteiger charge is 2.35. The Balaban J connectivity index is 2.02. The second-order valence-electron chi connectivity index (χ2n) is 4.45. The van der Waals surface area contributed by atoms with E-state index >= 15 is 0 Å². The van der Waals surface area contributed by atoms with E-state index in [1.165, 1.54) is 11.3 Å². The molecule has 1 aliphatic heterocycles. The van der Waals surface area contributed by atoms with Crippen molar-refractivity contribution in [3.63, 3.8) is 0 Å². The first-order chi connectivity index (χ1) is 9.14. The molecule has 0 saturated carbocycles. The molecule has 0 aliphatic carbocycles. The lowest BCUT2D eigenvalue weighted by Gasteiger charge is -2.35. The van der Waals surface area contributed by atoms with Crippen LogP contribution in [0.2, 0.25) is 0 Å². The van der Waals surface area contributed by atoms with Gasteiger partial charge in [-0.15, -0.1) is 23.1 Å². The van der Waals surface area contributed by atoms with Gasteiger partial charge in [0, 0.05) is 24.5 Å². The molecule has 0 radical (unpaired) electrons. The molecule has 1 amide bonds. The van der Waals surface area contributed by atoms with E-state index in [2.05, 4.69) is 6.07 Å². The van der Waals surface area contributed by atoms with Crippen molar-refractivity contribution in [2.75, 3.05) is 26.5 Å². The van der Waals surface area contributed by atoms with Gasteiger partial charge in [-0.2, -0.15) is 5.26 Å². The van der Waals surface area contributed by atoms with Gasteiger partial charge < -0.3 is 9.64 Å². The van der Waals surface area contributed by atoms with Crippen molar-refractivity contribution in [2.45, 2.75) is 17.6 Å². The topological polar surface area (TPSA) is 53.3 Å². The van der Waals surface area contributed by atoms with E-state index in [0.717, 1.165) is 18.6 Å². The summed E-state index contributed by atoms with van der Waals surface area (Å²) in [6.07, 6.45) is 3.43. The maximum Gasteiger partial charge on any atom is 0.264 e. The van der Waals surface area contributed by atoms with Gasteiger partial charge in [-0.05, 0) is 19.1 Å². The number of nitrogens with zero attached hydrogens (tertiary/aromatic N) is 2. The number of methoxy groups -OCH3 is 1. The Bertz CT molecular complexity index is 499. The van der Waals surface area contributed by atoms with Crippen molar-refractivity contribution in [3.05, 3.63) is 16.3 Å². The summed E-state index contributed by atoms with van der Waals surface area (Å²) in [5.41, 5.74) is 0. The van der Waals surface area contributed by atoms with Crippen molar-refractivity contribution < 1.29 is 9.53 Å². The molecule has 1 aliphatic rings. The van der Waals surface area contributed by atoms with Crippen molar-refractivity contribution in [3.8, 4) is 11.8 Å². The van der Waals surface area contributed by atoms with Crippen molar-refractivity contribution in [1.82, 2.24) is 4.90 Å². The average molecular weight is 296 g/mol. The molecule has 6 heteroatoms. The van der Waals surface area contributed by atoms with Gasteiger partial charge in [-0.1, -0.05) is 0 Å². The monoisotopic (exact) mass is 296 g/mol. The number of carbonyl (C=O) groups is 1. The van der Waals surface area contributed by atoms with Crippen LogP contribution in [0.4, 0.5) is 0 Å². The maximum atomic E-state index is 12.3. The summed E-state index contributed by atoms with van der Waals surface area (Å²) in [6, 6.07) is 4.16. The fraction of sp³-hybridized carbons (Fsp3) is 0.538. The Morgan fingerprint density at radius 1 is 1.58 bits per heavy atom. The molecule has 1 aromatic rings. The molecule has 0 aromatic carbocycles. The molecule has 0 bridgehead atoms. The highest BCUT2D eigenvalue weighted by molar-refractivity contribution is 8.00. The number of ether oxygens (including phenoxy) is 1. The minimum Gasteiger partial charge on any atom is -0.496 e. The number of hydrogen-bond donors (Lipinski definition) is 0. The van der Waals surface area contributed by atoms with E-state index in [1.807, 2.05) is 16.5 Å². The maximum absolute atomic E-state index is 12.3. The standard InChI is InChI=1S/C13H16N2O2S2/c1-17-10-7-11(19-8-10)12(16)15-5-3-13(9-14,18-2)4-6-15/h7-8H,3-6H2,1-2H3. The van der Waals surface area contributed by atoms with Crippen LogP contribution in [0.25, 0.3) is 0 Å². The molecule has 1 saturated heterocycles. The molecule has 1 fully saturated rings. The molecule has 2 heterocycles. The lowest BCUT2D eigenvalue weighted by atomic mass is 9.97. The number of hydrogen-bond acceptors (Lipinski definition) is 5. The number of rotatable bonds is 3. The van der Waals surface area contributed by atoms with Gasteiger partial charge in [0.2, 0.25) is 0 Å². The summed E-state index contributed by atoms with van der Waals surface area (Å²) in [5, 5.41) is 11.1. The first-order valence-corrected chi connectivity index (χ1v) is 8.13. The van der Waals surface area contributed by atoms with Crippen LogP contribution < -0.4 is 4.74 Å². The highest BCUT2D eigenvalue weighted by atomic mass is 32.2. The zero-order chi connectivity index (χ0) is 13.9. The molecule has 4 nitrogen and oxygen atoms in total. The van der Waals surface area contributed by atoms with Gasteiger partial charge >= 0.3 is 0 Å². The van der Waals surface area contributed by atoms with E-state index in [4.69, 9.17) is 4.74 Å². The third kappa shape index (κ3) is 2.88. The molecular weight excluding hydrogens is 280 g/mol. The zero-order valence-electron chi connectivity index (χ0n) is 11.0. The van der Waals surface area contributed by atoms with Gasteiger partial charge in [-0.25, -0.2) is 0 Å². The zero-order valence-corrected chi connectivity index (χ0v) is 12.6. The number of carbonyl (C=O) groups excluding carboxylic acids is 1. The SMILES string of the molecule is COc1csc(C(=O)N2CCC(C#N)(SC)CC2)c1. The van der Waals surface area contributed by atoms with Crippen molar-refractivity contribution >= 4 is 29.0 Å². The van der Waals surface area contributed by atoms with Crippen molar-refractivity contribution in [2.24, 2.45) is 0 Å². The first kappa shape index (κ1) is 14.2. The Morgan fingerprint density at radius 3 is 2.74 bits per heavy atom. The lowest BCUT2D eigenvalue weighted by Crippen LogP contribution is -2.44. The molecule has 0 unspecified atom stereocenters. The number of piperidine rings is 1. The number of nitriles is 1. The van der Waals surface area contributed by atoms with Gasteiger partial charge in [0.15, 0.2) is 0 Å². The number of amides is 1. The third-order valence-corrected chi connectivity index (χ3v) is 5.65. The summed E-state index contributed by atoms with van der Waals surface area (Å²) < 4.78 is 4.78. The average Bonchev–Trinajstić information content (AvgIpc) is 2.95. The van der Waals surface area contributed by atoms with E-state index in [-0.39, 0.29) is 10.7 Å². The van der Waals surface area contributed by atoms with E-state index in [0.29, 0.717) is 18.0 Å². The molecule has 0 atom stereocenters. The van der Waals surface area contributed by atoms with Gasteiger partial charge in [0.1, 0.15) is 10.5 Å². The number of thioether (sulfide) groups is 1. The second kappa shape index (κ2) is 5.85. The molecule has 2 rings (SSSR count). The summed E-state index contributed by atoms with van der Waals surface area (Å²) >= 11 is 2.99. The van der Waals surface area contributed by atoms with Crippen LogP contribution in [0.15, 0.2) is 11.4 Å². The minimum absolute atomic E-state index is 0.0425. The summed E-state index contributed by atoms with van der Waals surface area (Å²) in [6.45, 7) is 1.29. The molecule has 102 valence electrons. The summed E-state index contributed by atoms with van der Waals surface area (Å²) in [7, 11) is 1.59. The van der Waals surface area contributed by atoms with Crippen LogP contribution in [0, 0.1) is 11.3 Å². The predicted molar refractivity (Wildman–Crippen MR) is 77.9 cm³/mol. The van der Waals surface area contributed by atoms with E-state index in [9.17, 15) is 10.1 Å². The van der Waals surface area contributed by atoms with Crippen LogP contribution in [-0.4, -0.2) is 42.0 Å². The smallest absolute Gasteiger partial charge is 0.264 e. The molecule has 19 heavy (non-hydrogen) atoms. The quantitative estimate of drug-likeness (QED) is 0.860. The second-order valence-corrected chi connectivity index (χ2v) is 6.55. The van der Waals surface area contributed by atoms with Crippen molar-refractivity contribution in [1.29, 1.82) is 5.26 Å². The Hall–Kier alpha value is -1.19. The van der Waals surface area contributed by atoms with Gasteiger partial charge in [0.05, 0.1) is 18.1 Å². The number of likely N-dealkylation sites (tertiary alicyclic amines) is 1. The summed E-state index contributed by atoms with van der Waals surface area (Å²) in [4.78, 5) is 14.8. The van der Waals surface area contributed by atoms with E-state index < -0.39 is 0 Å².